The fourth-order valence-corrected chi connectivity index (χ4v) is 2.54. The molecular formula is C13H16BrFN4. The van der Waals surface area contributed by atoms with E-state index in [0.29, 0.717) is 6.42 Å². The maximum atomic E-state index is 13.5. The molecule has 1 heterocycles. The molecule has 19 heavy (non-hydrogen) atoms. The molecule has 0 amide bonds. The van der Waals surface area contributed by atoms with Crippen molar-refractivity contribution in [2.75, 3.05) is 7.05 Å². The molecule has 0 radical (unpaired) electrons. The highest BCUT2D eigenvalue weighted by Gasteiger charge is 2.15. The van der Waals surface area contributed by atoms with Gasteiger partial charge in [-0.2, -0.15) is 5.10 Å². The van der Waals surface area contributed by atoms with Gasteiger partial charge in [0.25, 0.3) is 0 Å². The molecule has 1 unspecified atom stereocenters. The smallest absolute Gasteiger partial charge is 0.138 e. The lowest BCUT2D eigenvalue weighted by Crippen LogP contribution is -2.21. The molecule has 4 nitrogen and oxygen atoms in total. The fourth-order valence-electron chi connectivity index (χ4n) is 2.06. The van der Waals surface area contributed by atoms with Gasteiger partial charge in [0.2, 0.25) is 0 Å². The molecule has 1 N–H and O–H groups in total. The van der Waals surface area contributed by atoms with E-state index in [1.54, 1.807) is 12.4 Å². The predicted molar refractivity (Wildman–Crippen MR) is 75.3 cm³/mol. The van der Waals surface area contributed by atoms with E-state index in [1.165, 1.54) is 6.07 Å². The molecule has 0 spiro atoms. The van der Waals surface area contributed by atoms with Gasteiger partial charge in [-0.1, -0.05) is 15.9 Å². The number of aryl methyl sites for hydroxylation is 1. The van der Waals surface area contributed by atoms with Crippen LogP contribution in [0.1, 0.15) is 24.4 Å². The summed E-state index contributed by atoms with van der Waals surface area (Å²) in [7, 11) is 1.86. The van der Waals surface area contributed by atoms with Crippen LogP contribution in [0.15, 0.2) is 29.0 Å². The summed E-state index contributed by atoms with van der Waals surface area (Å²) in [6.07, 6.45) is 2.22. The summed E-state index contributed by atoms with van der Waals surface area (Å²) in [5.41, 5.74) is 0.889. The van der Waals surface area contributed by atoms with Gasteiger partial charge in [-0.05, 0) is 37.7 Å². The summed E-state index contributed by atoms with van der Waals surface area (Å²) in [6, 6.07) is 4.90. The van der Waals surface area contributed by atoms with Crippen LogP contribution in [0.2, 0.25) is 0 Å². The van der Waals surface area contributed by atoms with Crippen LogP contribution < -0.4 is 5.32 Å². The molecule has 2 aromatic rings. The molecule has 0 bridgehead atoms. The zero-order valence-electron chi connectivity index (χ0n) is 10.9. The third kappa shape index (κ3) is 3.39. The second-order valence-corrected chi connectivity index (χ2v) is 5.16. The molecule has 0 saturated heterocycles. The third-order valence-electron chi connectivity index (χ3n) is 3.02. The van der Waals surface area contributed by atoms with Gasteiger partial charge in [0.15, 0.2) is 0 Å². The van der Waals surface area contributed by atoms with Gasteiger partial charge < -0.3 is 5.32 Å². The average Bonchev–Trinajstić information content (AvgIpc) is 2.81. The van der Waals surface area contributed by atoms with E-state index in [9.17, 15) is 4.39 Å². The Balaban J connectivity index is 2.25. The van der Waals surface area contributed by atoms with E-state index >= 15 is 0 Å². The standard InChI is InChI=1S/C13H16BrFN4/c1-3-19-13(17-8-18-19)7-12(16-2)9-4-10(14)6-11(15)5-9/h4-6,8,12,16H,3,7H2,1-2H3. The Bertz CT molecular complexity index is 535. The molecule has 1 aromatic heterocycles. The maximum Gasteiger partial charge on any atom is 0.138 e. The highest BCUT2D eigenvalue weighted by Crippen LogP contribution is 2.22. The molecule has 102 valence electrons. The number of likely N-dealkylation sites (N-methyl/N-ethyl adjacent to an activating group) is 1. The van der Waals surface area contributed by atoms with Crippen molar-refractivity contribution >= 4 is 15.9 Å². The molecule has 0 fully saturated rings. The first-order valence-electron chi connectivity index (χ1n) is 6.14. The normalized spacial score (nSPS) is 12.6. The van der Waals surface area contributed by atoms with E-state index in [1.807, 2.05) is 24.7 Å². The van der Waals surface area contributed by atoms with Crippen LogP contribution in [0.3, 0.4) is 0 Å². The summed E-state index contributed by atoms with van der Waals surface area (Å²) in [6.45, 7) is 2.80. The van der Waals surface area contributed by atoms with Gasteiger partial charge in [-0.25, -0.2) is 9.37 Å². The van der Waals surface area contributed by atoms with Gasteiger partial charge in [0, 0.05) is 23.5 Å². The van der Waals surface area contributed by atoms with Crippen molar-refractivity contribution in [3.63, 3.8) is 0 Å². The summed E-state index contributed by atoms with van der Waals surface area (Å²) < 4.78 is 16.0. The number of nitrogens with zero attached hydrogens (tertiary/aromatic N) is 3. The van der Waals surface area contributed by atoms with E-state index in [-0.39, 0.29) is 11.9 Å². The van der Waals surface area contributed by atoms with Gasteiger partial charge in [-0.15, -0.1) is 0 Å². The van der Waals surface area contributed by atoms with Crippen molar-refractivity contribution in [2.45, 2.75) is 25.9 Å². The Morgan fingerprint density at radius 1 is 1.42 bits per heavy atom. The topological polar surface area (TPSA) is 42.7 Å². The van der Waals surface area contributed by atoms with Crippen LogP contribution in [0, 0.1) is 5.82 Å². The van der Waals surface area contributed by atoms with Gasteiger partial charge in [0.1, 0.15) is 18.0 Å². The average molecular weight is 327 g/mol. The van der Waals surface area contributed by atoms with Gasteiger partial charge >= 0.3 is 0 Å². The van der Waals surface area contributed by atoms with E-state index < -0.39 is 0 Å². The summed E-state index contributed by atoms with van der Waals surface area (Å²) in [4.78, 5) is 4.25. The lowest BCUT2D eigenvalue weighted by Gasteiger charge is -2.17. The number of benzene rings is 1. The lowest BCUT2D eigenvalue weighted by molar-refractivity contribution is 0.529. The zero-order chi connectivity index (χ0) is 13.8. The monoisotopic (exact) mass is 326 g/mol. The first-order valence-corrected chi connectivity index (χ1v) is 6.93. The van der Waals surface area contributed by atoms with E-state index in [4.69, 9.17) is 0 Å². The van der Waals surface area contributed by atoms with Crippen LogP contribution in [-0.2, 0) is 13.0 Å². The molecule has 0 saturated carbocycles. The number of hydrogen-bond donors (Lipinski definition) is 1. The van der Waals surface area contributed by atoms with Gasteiger partial charge in [0.05, 0.1) is 0 Å². The Morgan fingerprint density at radius 3 is 2.84 bits per heavy atom. The largest absolute Gasteiger partial charge is 0.313 e. The van der Waals surface area contributed by atoms with Crippen molar-refractivity contribution in [2.24, 2.45) is 0 Å². The molecule has 6 heteroatoms. The van der Waals surface area contributed by atoms with Crippen molar-refractivity contribution < 1.29 is 4.39 Å². The van der Waals surface area contributed by atoms with Crippen LogP contribution in [0.4, 0.5) is 4.39 Å². The van der Waals surface area contributed by atoms with Gasteiger partial charge in [-0.3, -0.25) is 4.68 Å². The fraction of sp³-hybridized carbons (Fsp3) is 0.385. The van der Waals surface area contributed by atoms with E-state index in [2.05, 4.69) is 31.3 Å². The SMILES string of the molecule is CCn1ncnc1CC(NC)c1cc(F)cc(Br)c1. The first kappa shape index (κ1) is 14.1. The Kier molecular flexibility index (Phi) is 4.66. The van der Waals surface area contributed by atoms with Crippen LogP contribution in [0.25, 0.3) is 0 Å². The number of rotatable bonds is 5. The molecular weight excluding hydrogens is 311 g/mol. The van der Waals surface area contributed by atoms with Crippen molar-refractivity contribution in [3.05, 3.63) is 46.2 Å². The minimum absolute atomic E-state index is 0.00139. The number of hydrogen-bond acceptors (Lipinski definition) is 3. The minimum atomic E-state index is -0.249. The third-order valence-corrected chi connectivity index (χ3v) is 3.48. The highest BCUT2D eigenvalue weighted by atomic mass is 79.9. The summed E-state index contributed by atoms with van der Waals surface area (Å²) >= 11 is 3.32. The molecule has 2 rings (SSSR count). The molecule has 1 atom stereocenters. The zero-order valence-corrected chi connectivity index (χ0v) is 12.5. The predicted octanol–water partition coefficient (Wildman–Crippen LogP) is 2.70. The molecule has 0 aliphatic heterocycles. The molecule has 0 aliphatic rings. The number of nitrogens with one attached hydrogen (secondary N) is 1. The first-order chi connectivity index (χ1) is 9.13. The lowest BCUT2D eigenvalue weighted by atomic mass is 10.0. The van der Waals surface area contributed by atoms with Crippen molar-refractivity contribution in [1.29, 1.82) is 0 Å². The number of aromatic nitrogens is 3. The summed E-state index contributed by atoms with van der Waals surface area (Å²) in [5.74, 6) is 0.642. The maximum absolute atomic E-state index is 13.5. The minimum Gasteiger partial charge on any atom is -0.313 e. The summed E-state index contributed by atoms with van der Waals surface area (Å²) in [5, 5.41) is 7.34. The van der Waals surface area contributed by atoms with Crippen LogP contribution in [0.5, 0.6) is 0 Å². The number of halogens is 2. The molecule has 1 aromatic carbocycles. The second-order valence-electron chi connectivity index (χ2n) is 4.24. The van der Waals surface area contributed by atoms with Crippen molar-refractivity contribution in [1.82, 2.24) is 20.1 Å². The van der Waals surface area contributed by atoms with Crippen molar-refractivity contribution in [3.8, 4) is 0 Å². The Hall–Kier alpha value is -1.27. The van der Waals surface area contributed by atoms with Crippen LogP contribution in [-0.4, -0.2) is 21.8 Å². The van der Waals surface area contributed by atoms with Crippen LogP contribution >= 0.6 is 15.9 Å². The Morgan fingerprint density at radius 2 is 2.21 bits per heavy atom. The van der Waals surface area contributed by atoms with E-state index in [0.717, 1.165) is 22.4 Å². The molecule has 0 aliphatic carbocycles. The highest BCUT2D eigenvalue weighted by molar-refractivity contribution is 9.10. The quantitative estimate of drug-likeness (QED) is 0.918. The second kappa shape index (κ2) is 6.25. The Labute approximate surface area is 120 Å².